The number of furan rings is 1. The van der Waals surface area contributed by atoms with Gasteiger partial charge in [0.05, 0.1) is 49.2 Å². The van der Waals surface area contributed by atoms with Crippen molar-refractivity contribution in [3.05, 3.63) is 231 Å². The van der Waals surface area contributed by atoms with Crippen molar-refractivity contribution in [1.82, 2.24) is 94.7 Å². The Morgan fingerprint density at radius 2 is 0.604 bits per heavy atom. The zero-order valence-corrected chi connectivity index (χ0v) is 111. The molecule has 13 aromatic heterocycles. The topological polar surface area (TPSA) is 312 Å². The molecule has 27 heteroatoms. The van der Waals surface area contributed by atoms with Crippen molar-refractivity contribution in [1.29, 1.82) is 0 Å². The molecule has 13 aromatic rings. The molecule has 0 fully saturated rings. The number of hydrogen-bond donors (Lipinski definition) is 5. The van der Waals surface area contributed by atoms with E-state index in [1.54, 1.807) is 121 Å². The maximum absolute atomic E-state index is 4.58. The molecule has 0 unspecified atom stereocenters. The molecule has 856 valence electrons. The minimum Gasteiger partial charge on any atom is -0.473 e. The van der Waals surface area contributed by atoms with Crippen LogP contribution in [-0.2, 0) is 0 Å². The fourth-order valence-corrected chi connectivity index (χ4v) is 3.90. The first-order valence-electron chi connectivity index (χ1n) is 54.7. The van der Waals surface area contributed by atoms with Gasteiger partial charge in [-0.3, -0.25) is 15.2 Å². The lowest BCUT2D eigenvalue weighted by molar-refractivity contribution is 0.416. The number of nitrogens with one attached hydrogen (secondary N) is 5. The third-order valence-corrected chi connectivity index (χ3v) is 6.88. The summed E-state index contributed by atoms with van der Waals surface area (Å²) >= 11 is 6.13. The van der Waals surface area contributed by atoms with E-state index in [0.717, 1.165) is 0 Å². The fraction of sp³-hybridized carbons (Fsp3) is 0.661. The highest BCUT2D eigenvalue weighted by molar-refractivity contribution is 7.07. The number of thiazole rings is 1. The Labute approximate surface area is 895 Å². The van der Waals surface area contributed by atoms with E-state index in [2.05, 4.69) is 113 Å². The van der Waals surface area contributed by atoms with Gasteiger partial charge < -0.3 is 27.8 Å². The second kappa shape index (κ2) is 671. The molecular weight excluding hydrogens is 1800 g/mol. The maximum atomic E-state index is 4.58. The summed E-state index contributed by atoms with van der Waals surface area (Å²) in [5, 5.41) is 36.1. The van der Waals surface area contributed by atoms with Crippen molar-refractivity contribution >= 4 is 45.7 Å². The maximum Gasteiger partial charge on any atom is 0.213 e. The van der Waals surface area contributed by atoms with E-state index < -0.39 is 0 Å². The van der Waals surface area contributed by atoms with Gasteiger partial charge in [-0.25, -0.2) is 29.3 Å². The standard InChI is InChI=1S/C4H5N.C4H4O.C4H4S.2C3H4N2.2C3H3NO.2C3H3NS.2C2H3N3.C2H2N2O.C2H2N2S.37C2H6/c3*1-2-4-5-3-1;1-2-5-3-4-1;1-2-4-5-3-1;1-2-5-3-4-1;1-2-4-5-3-1;1-2-5-3-4-1;1-2-4-5-3-1;1-3-2-5-4-1;1-2-4-5-3-1;2*1-3-2-5-4-1;37*1-2/h1-5H;2*1-4H;2*1-3H,(H,4,5);4*1-3H;2*1-2H,(H,3,4,5);2*1-2H;37*1-2H3. The highest BCUT2D eigenvalue weighted by Crippen LogP contribution is 1.91. The zero-order valence-electron chi connectivity index (χ0n) is 108. The number of nitrogens with zero attached hydrogens (tertiary/aromatic N) is 14. The van der Waals surface area contributed by atoms with E-state index in [1.807, 2.05) is 595 Å². The minimum atomic E-state index is 1.26. The Morgan fingerprint density at radius 3 is 0.698 bits per heavy atom. The smallest absolute Gasteiger partial charge is 0.213 e. The van der Waals surface area contributed by atoms with Gasteiger partial charge >= 0.3 is 0 Å². The molecule has 0 atom stereocenters. The van der Waals surface area contributed by atoms with Crippen LogP contribution in [0.1, 0.15) is 512 Å². The number of oxazole rings is 1. The molecule has 0 radical (unpaired) electrons. The molecule has 0 aliphatic heterocycles. The molecule has 0 aliphatic rings. The van der Waals surface area contributed by atoms with E-state index in [-0.39, 0.29) is 0 Å². The van der Waals surface area contributed by atoms with Gasteiger partial charge in [0, 0.05) is 60.3 Å². The lowest BCUT2D eigenvalue weighted by Crippen LogP contribution is -1.61. The van der Waals surface area contributed by atoms with Crippen LogP contribution in [0.15, 0.2) is 249 Å². The molecule has 139 heavy (non-hydrogen) atoms. The van der Waals surface area contributed by atoms with Gasteiger partial charge in [0.2, 0.25) is 6.39 Å². The molecule has 0 bridgehead atoms. The third-order valence-electron chi connectivity index (χ3n) is 4.78. The average Bonchev–Trinajstić information content (AvgIpc) is 2.21. The van der Waals surface area contributed by atoms with Crippen LogP contribution in [0, 0.1) is 0 Å². The largest absolute Gasteiger partial charge is 0.473 e. The molecule has 13 rings (SSSR count). The molecule has 0 saturated carbocycles. The van der Waals surface area contributed by atoms with Gasteiger partial charge in [-0.1, -0.05) is 535 Å². The second-order valence-electron chi connectivity index (χ2n) is 9.20. The van der Waals surface area contributed by atoms with Gasteiger partial charge in [-0.05, 0) is 76.3 Å². The molecule has 0 amide bonds. The van der Waals surface area contributed by atoms with Crippen molar-refractivity contribution < 1.29 is 17.9 Å². The number of rotatable bonds is 0. The van der Waals surface area contributed by atoms with Crippen molar-refractivity contribution in [3.63, 3.8) is 0 Å². The quantitative estimate of drug-likeness (QED) is 0.0942. The number of H-pyrrole nitrogens is 5. The number of hydrogen-bond acceptors (Lipinski definition) is 22. The Kier molecular flexibility index (Phi) is 1210. The van der Waals surface area contributed by atoms with Crippen LogP contribution in [0.3, 0.4) is 0 Å². The number of aromatic amines is 5. The summed E-state index contributed by atoms with van der Waals surface area (Å²) in [6, 6.07) is 17.1. The van der Waals surface area contributed by atoms with Crippen molar-refractivity contribution in [3.8, 4) is 0 Å². The summed E-state index contributed by atoms with van der Waals surface area (Å²) in [4.78, 5) is 27.2. The van der Waals surface area contributed by atoms with Gasteiger partial charge in [0.25, 0.3) is 0 Å². The predicted octanol–water partition coefficient (Wildman–Crippen LogP) is 46.7. The fourth-order valence-electron chi connectivity index (χ4n) is 2.47. The summed E-state index contributed by atoms with van der Waals surface area (Å²) < 4.78 is 25.0. The first-order chi connectivity index (χ1) is 69.5. The highest BCUT2D eigenvalue weighted by atomic mass is 32.1. The van der Waals surface area contributed by atoms with Crippen molar-refractivity contribution in [2.45, 2.75) is 512 Å². The molecular formula is C112H265N19O4S4. The lowest BCUT2D eigenvalue weighted by Gasteiger charge is -1.50. The van der Waals surface area contributed by atoms with Gasteiger partial charge in [-0.15, -0.1) is 11.3 Å². The van der Waals surface area contributed by atoms with E-state index in [0.29, 0.717) is 0 Å². The zero-order chi connectivity index (χ0) is 120. The van der Waals surface area contributed by atoms with Gasteiger partial charge in [-0.2, -0.15) is 41.3 Å². The van der Waals surface area contributed by atoms with Crippen LogP contribution < -0.4 is 0 Å². The van der Waals surface area contributed by atoms with E-state index >= 15 is 0 Å². The van der Waals surface area contributed by atoms with Crippen LogP contribution in [0.4, 0.5) is 0 Å². The van der Waals surface area contributed by atoms with Crippen LogP contribution in [0.2, 0.25) is 0 Å². The van der Waals surface area contributed by atoms with Crippen LogP contribution in [0.5, 0.6) is 0 Å². The molecule has 0 spiro atoms. The van der Waals surface area contributed by atoms with E-state index in [9.17, 15) is 0 Å². The Morgan fingerprint density at radius 1 is 0.194 bits per heavy atom. The van der Waals surface area contributed by atoms with E-state index in [4.69, 9.17) is 0 Å². The molecule has 23 nitrogen and oxygen atoms in total. The van der Waals surface area contributed by atoms with E-state index in [1.165, 1.54) is 73.7 Å². The van der Waals surface area contributed by atoms with Crippen LogP contribution in [0.25, 0.3) is 0 Å². The third kappa shape index (κ3) is 661. The number of thiophene rings is 1. The molecule has 5 N–H and O–H groups in total. The summed E-state index contributed by atoms with van der Waals surface area (Å²) in [5.41, 5.74) is 3.47. The summed E-state index contributed by atoms with van der Waals surface area (Å²) in [7, 11) is 0. The normalized spacial score (nSPS) is 5.34. The molecule has 0 aromatic carbocycles. The number of aromatic nitrogens is 19. The Balaban J connectivity index is -0.0000000220. The lowest BCUT2D eigenvalue weighted by atomic mass is 10.7. The summed E-state index contributed by atoms with van der Waals surface area (Å²) in [6.45, 7) is 148. The average molecular weight is 2070 g/mol. The van der Waals surface area contributed by atoms with Crippen molar-refractivity contribution in [2.75, 3.05) is 0 Å². The van der Waals surface area contributed by atoms with Crippen molar-refractivity contribution in [2.24, 2.45) is 0 Å². The van der Waals surface area contributed by atoms with Crippen LogP contribution in [-0.4, -0.2) is 94.7 Å². The predicted molar refractivity (Wildman–Crippen MR) is 665 cm³/mol. The second-order valence-corrected chi connectivity index (χ2v) is 12.1. The van der Waals surface area contributed by atoms with Crippen LogP contribution >= 0.6 is 45.7 Å². The first-order valence-corrected chi connectivity index (χ1v) is 58.2. The highest BCUT2D eigenvalue weighted by Gasteiger charge is 1.65. The Hall–Kier alpha value is -8.66. The monoisotopic (exact) mass is 2070 g/mol. The van der Waals surface area contributed by atoms with Gasteiger partial charge in [0.15, 0.2) is 12.7 Å². The molecule has 0 aliphatic carbocycles. The first kappa shape index (κ1) is 250. The van der Waals surface area contributed by atoms with Gasteiger partial charge in [0.1, 0.15) is 37.0 Å². The molecule has 0 saturated heterocycles. The Bertz CT molecular complexity index is 1500. The molecule has 13 heterocycles. The summed E-state index contributed by atoms with van der Waals surface area (Å²) in [6.07, 6.45) is 36.9. The summed E-state index contributed by atoms with van der Waals surface area (Å²) in [5.74, 6) is 0. The minimum absolute atomic E-state index is 1.26. The number of imidazole rings is 1. The SMILES string of the molecule is CC.CC.CC.CC.CC.CC.CC.CC.CC.CC.CC.CC.CC.CC.CC.CC.CC.CC.CC.CC.CC.CC.CC.CC.CC.CC.CC.CC.CC.CC.CC.CC.CC.CC.CC.CC.CC.c1c[nH]cn1.c1cc[nH]c1.c1ccoc1.c1ccsc1.c1cn[nH]c1.c1cn[nH]n1.c1cnoc1.c1cnsc1.c1cocn1.c1cscn1.c1nc[nH]n1.c1ncon1.c1ncsn1.